The number of benzene rings is 3. The van der Waals surface area contributed by atoms with Gasteiger partial charge in [0.15, 0.2) is 0 Å². The third kappa shape index (κ3) is 4.27. The molecule has 0 aliphatic carbocycles. The van der Waals surface area contributed by atoms with Gasteiger partial charge in [0.05, 0.1) is 21.2 Å². The van der Waals surface area contributed by atoms with E-state index in [2.05, 4.69) is 38.4 Å². The maximum absolute atomic E-state index is 14.9. The van der Waals surface area contributed by atoms with Gasteiger partial charge in [0, 0.05) is 35.1 Å². The van der Waals surface area contributed by atoms with E-state index < -0.39 is 0 Å². The molecule has 1 saturated heterocycles. The molecule has 170 valence electrons. The van der Waals surface area contributed by atoms with E-state index in [1.54, 1.807) is 23.6 Å². The topological polar surface area (TPSA) is 41.0 Å². The molecular formula is C28H25FN4S. The summed E-state index contributed by atoms with van der Waals surface area (Å²) in [6, 6.07) is 19.7. The number of nitrogens with zero attached hydrogens (tertiary/aromatic N) is 3. The fourth-order valence-corrected chi connectivity index (χ4v) is 5.44. The average molecular weight is 469 g/mol. The summed E-state index contributed by atoms with van der Waals surface area (Å²) >= 11 is 1.63. The molecule has 3 heterocycles. The number of thiazole rings is 1. The normalized spacial score (nSPS) is 14.6. The summed E-state index contributed by atoms with van der Waals surface area (Å²) in [5, 5.41) is 4.49. The number of likely N-dealkylation sites (tertiary alicyclic amines) is 1. The van der Waals surface area contributed by atoms with Crippen LogP contribution in [0.3, 0.4) is 0 Å². The predicted molar refractivity (Wildman–Crippen MR) is 139 cm³/mol. The Morgan fingerprint density at radius 3 is 2.71 bits per heavy atom. The summed E-state index contributed by atoms with van der Waals surface area (Å²) in [5.74, 6) is -0.201. The Hall–Kier alpha value is -3.35. The van der Waals surface area contributed by atoms with Gasteiger partial charge in [-0.1, -0.05) is 24.6 Å². The maximum atomic E-state index is 14.9. The number of nitrogens with one attached hydrogen (secondary N) is 1. The van der Waals surface area contributed by atoms with Crippen molar-refractivity contribution in [1.82, 2.24) is 14.9 Å². The summed E-state index contributed by atoms with van der Waals surface area (Å²) < 4.78 is 16.0. The number of pyridine rings is 1. The molecule has 4 nitrogen and oxygen atoms in total. The lowest BCUT2D eigenvalue weighted by molar-refractivity contribution is 0.221. The van der Waals surface area contributed by atoms with Crippen LogP contribution in [0.1, 0.15) is 24.8 Å². The predicted octanol–water partition coefficient (Wildman–Crippen LogP) is 7.38. The molecule has 34 heavy (non-hydrogen) atoms. The van der Waals surface area contributed by atoms with Crippen LogP contribution in [0.5, 0.6) is 0 Å². The molecule has 5 aromatic rings. The van der Waals surface area contributed by atoms with Gasteiger partial charge in [0.25, 0.3) is 0 Å². The molecule has 0 unspecified atom stereocenters. The molecule has 2 aromatic heterocycles. The zero-order valence-electron chi connectivity index (χ0n) is 18.8. The van der Waals surface area contributed by atoms with Crippen LogP contribution in [0.4, 0.5) is 15.8 Å². The molecule has 0 saturated carbocycles. The minimum Gasteiger partial charge on any atom is -0.355 e. The first kappa shape index (κ1) is 21.2. The molecule has 0 amide bonds. The van der Waals surface area contributed by atoms with Gasteiger partial charge < -0.3 is 5.32 Å². The number of rotatable bonds is 5. The van der Waals surface area contributed by atoms with E-state index in [-0.39, 0.29) is 5.82 Å². The van der Waals surface area contributed by atoms with Crippen molar-refractivity contribution < 1.29 is 4.39 Å². The van der Waals surface area contributed by atoms with Crippen LogP contribution >= 0.6 is 11.3 Å². The first-order chi connectivity index (χ1) is 16.7. The number of anilines is 2. The zero-order chi connectivity index (χ0) is 22.9. The fourth-order valence-electron chi connectivity index (χ4n) is 4.78. The van der Waals surface area contributed by atoms with Gasteiger partial charge >= 0.3 is 0 Å². The number of piperidine rings is 1. The highest BCUT2D eigenvalue weighted by atomic mass is 32.1. The molecule has 6 heteroatoms. The summed E-state index contributed by atoms with van der Waals surface area (Å²) in [5.41, 5.74) is 8.24. The van der Waals surface area contributed by atoms with Crippen molar-refractivity contribution in [2.45, 2.75) is 25.8 Å². The molecule has 0 radical (unpaired) electrons. The largest absolute Gasteiger partial charge is 0.355 e. The second-order valence-electron chi connectivity index (χ2n) is 8.90. The SMILES string of the molecule is Fc1ccc(CN2CCCCC2)cc1-c1ccc2c(Nc3ccc4scnc4c3)ccnc2c1. The van der Waals surface area contributed by atoms with Gasteiger partial charge in [0.1, 0.15) is 5.82 Å². The van der Waals surface area contributed by atoms with Crippen molar-refractivity contribution >= 4 is 43.8 Å². The third-order valence-electron chi connectivity index (χ3n) is 6.55. The number of fused-ring (bicyclic) bond motifs is 2. The van der Waals surface area contributed by atoms with Crippen molar-refractivity contribution in [3.05, 3.63) is 83.8 Å². The molecule has 1 fully saturated rings. The second-order valence-corrected chi connectivity index (χ2v) is 9.79. The van der Waals surface area contributed by atoms with Crippen LogP contribution in [0.15, 0.2) is 72.4 Å². The van der Waals surface area contributed by atoms with E-state index >= 15 is 0 Å². The van der Waals surface area contributed by atoms with Crippen LogP contribution in [-0.2, 0) is 6.54 Å². The van der Waals surface area contributed by atoms with E-state index in [0.29, 0.717) is 5.56 Å². The van der Waals surface area contributed by atoms with Crippen LogP contribution in [-0.4, -0.2) is 28.0 Å². The van der Waals surface area contributed by atoms with E-state index in [1.165, 1.54) is 24.0 Å². The van der Waals surface area contributed by atoms with Crippen molar-refractivity contribution in [2.75, 3.05) is 18.4 Å². The fraction of sp³-hybridized carbons (Fsp3) is 0.214. The molecule has 1 aliphatic heterocycles. The van der Waals surface area contributed by atoms with Crippen LogP contribution in [0, 0.1) is 5.82 Å². The molecule has 6 rings (SSSR count). The minimum absolute atomic E-state index is 0.201. The Labute approximate surface area is 202 Å². The summed E-state index contributed by atoms with van der Waals surface area (Å²) in [4.78, 5) is 11.4. The highest BCUT2D eigenvalue weighted by molar-refractivity contribution is 7.16. The highest BCUT2D eigenvalue weighted by Crippen LogP contribution is 2.32. The van der Waals surface area contributed by atoms with Crippen molar-refractivity contribution in [3.63, 3.8) is 0 Å². The van der Waals surface area contributed by atoms with Gasteiger partial charge in [-0.05, 0) is 79.5 Å². The van der Waals surface area contributed by atoms with Gasteiger partial charge in [0.2, 0.25) is 0 Å². The molecule has 0 atom stereocenters. The molecule has 3 aromatic carbocycles. The van der Waals surface area contributed by atoms with Gasteiger partial charge in [-0.3, -0.25) is 9.88 Å². The van der Waals surface area contributed by atoms with Gasteiger partial charge in [-0.2, -0.15) is 0 Å². The van der Waals surface area contributed by atoms with Crippen molar-refractivity contribution in [1.29, 1.82) is 0 Å². The Morgan fingerprint density at radius 1 is 0.882 bits per heavy atom. The molecular weight excluding hydrogens is 443 g/mol. The smallest absolute Gasteiger partial charge is 0.131 e. The Balaban J connectivity index is 1.31. The standard InChI is InChI=1S/C28H25FN4S/c29-24-8-4-19(17-33-12-2-1-3-13-33)14-23(24)20-5-7-22-25(10-11-30-26(22)15-20)32-21-6-9-28-27(16-21)31-18-34-28/h4-11,14-16,18H,1-3,12-13,17H2,(H,30,32). The molecule has 0 spiro atoms. The van der Waals surface area contributed by atoms with Gasteiger partial charge in [-0.25, -0.2) is 9.37 Å². The lowest BCUT2D eigenvalue weighted by atomic mass is 9.99. The maximum Gasteiger partial charge on any atom is 0.131 e. The Morgan fingerprint density at radius 2 is 1.79 bits per heavy atom. The molecule has 0 bridgehead atoms. The average Bonchev–Trinajstić information content (AvgIpc) is 3.34. The van der Waals surface area contributed by atoms with Crippen molar-refractivity contribution in [2.24, 2.45) is 0 Å². The first-order valence-electron chi connectivity index (χ1n) is 11.7. The van der Waals surface area contributed by atoms with E-state index in [9.17, 15) is 4.39 Å². The number of hydrogen-bond acceptors (Lipinski definition) is 5. The Kier molecular flexibility index (Phi) is 5.69. The first-order valence-corrected chi connectivity index (χ1v) is 12.6. The van der Waals surface area contributed by atoms with E-state index in [0.717, 1.165) is 58.6 Å². The van der Waals surface area contributed by atoms with E-state index in [4.69, 9.17) is 0 Å². The quantitative estimate of drug-likeness (QED) is 0.292. The molecule has 1 N–H and O–H groups in total. The zero-order valence-corrected chi connectivity index (χ0v) is 19.6. The van der Waals surface area contributed by atoms with Crippen LogP contribution in [0.2, 0.25) is 0 Å². The lowest BCUT2D eigenvalue weighted by Crippen LogP contribution is -2.29. The number of aromatic nitrogens is 2. The van der Waals surface area contributed by atoms with Gasteiger partial charge in [-0.15, -0.1) is 11.3 Å². The summed E-state index contributed by atoms with van der Waals surface area (Å²) in [6.45, 7) is 3.12. The summed E-state index contributed by atoms with van der Waals surface area (Å²) in [6.07, 6.45) is 5.60. The number of halogens is 1. The van der Waals surface area contributed by atoms with Crippen LogP contribution in [0.25, 0.3) is 32.2 Å². The monoisotopic (exact) mass is 468 g/mol. The lowest BCUT2D eigenvalue weighted by Gasteiger charge is -2.26. The third-order valence-corrected chi connectivity index (χ3v) is 7.36. The van der Waals surface area contributed by atoms with Crippen LogP contribution < -0.4 is 5.32 Å². The summed E-state index contributed by atoms with van der Waals surface area (Å²) in [7, 11) is 0. The number of hydrogen-bond donors (Lipinski definition) is 1. The Bertz CT molecular complexity index is 1470. The second kappa shape index (κ2) is 9.12. The van der Waals surface area contributed by atoms with E-state index in [1.807, 2.05) is 41.9 Å². The minimum atomic E-state index is -0.201. The highest BCUT2D eigenvalue weighted by Gasteiger charge is 2.13. The molecule has 1 aliphatic rings. The van der Waals surface area contributed by atoms with Crippen molar-refractivity contribution in [3.8, 4) is 11.1 Å².